The third kappa shape index (κ3) is 5.58. The maximum absolute atomic E-state index is 5.14. The Bertz CT molecular complexity index is 252. The van der Waals surface area contributed by atoms with Crippen LogP contribution in [0.25, 0.3) is 0 Å². The smallest absolute Gasteiger partial charge is 0.0924 e. The summed E-state index contributed by atoms with van der Waals surface area (Å²) in [5.74, 6) is 0. The molecule has 1 aromatic heterocycles. The fourth-order valence-corrected chi connectivity index (χ4v) is 2.27. The van der Waals surface area contributed by atoms with E-state index >= 15 is 0 Å². The molecule has 1 N–H and O–H groups in total. The van der Waals surface area contributed by atoms with Crippen molar-refractivity contribution in [2.24, 2.45) is 0 Å². The van der Waals surface area contributed by atoms with Crippen LogP contribution in [0.3, 0.4) is 0 Å². The number of nitrogens with zero attached hydrogens (tertiary/aromatic N) is 1. The SMILES string of the molecule is CCC(COC)NCCCCc1nccs1. The molecule has 4 heteroatoms. The van der Waals surface area contributed by atoms with Crippen LogP contribution in [-0.4, -0.2) is 31.3 Å². The van der Waals surface area contributed by atoms with Crippen molar-refractivity contribution in [3.63, 3.8) is 0 Å². The monoisotopic (exact) mass is 242 g/mol. The first-order chi connectivity index (χ1) is 7.86. The van der Waals surface area contributed by atoms with Crippen LogP contribution in [0.4, 0.5) is 0 Å². The summed E-state index contributed by atoms with van der Waals surface area (Å²) in [4.78, 5) is 4.27. The zero-order valence-corrected chi connectivity index (χ0v) is 11.1. The Morgan fingerprint density at radius 2 is 2.38 bits per heavy atom. The van der Waals surface area contributed by atoms with Crippen molar-refractivity contribution >= 4 is 11.3 Å². The maximum Gasteiger partial charge on any atom is 0.0924 e. The predicted octanol–water partition coefficient (Wildman–Crippen LogP) is 2.48. The van der Waals surface area contributed by atoms with Gasteiger partial charge < -0.3 is 10.1 Å². The summed E-state index contributed by atoms with van der Waals surface area (Å²) in [5, 5.41) is 6.80. The predicted molar refractivity (Wildman–Crippen MR) is 69.0 cm³/mol. The van der Waals surface area contributed by atoms with E-state index in [1.165, 1.54) is 17.8 Å². The van der Waals surface area contributed by atoms with Gasteiger partial charge in [0.15, 0.2) is 0 Å². The van der Waals surface area contributed by atoms with E-state index in [4.69, 9.17) is 4.74 Å². The van der Waals surface area contributed by atoms with Gasteiger partial charge in [0.05, 0.1) is 11.6 Å². The summed E-state index contributed by atoms with van der Waals surface area (Å²) < 4.78 is 5.14. The van der Waals surface area contributed by atoms with Gasteiger partial charge >= 0.3 is 0 Å². The average molecular weight is 242 g/mol. The molecule has 0 fully saturated rings. The summed E-state index contributed by atoms with van der Waals surface area (Å²) in [7, 11) is 1.76. The highest BCUT2D eigenvalue weighted by atomic mass is 32.1. The van der Waals surface area contributed by atoms with E-state index in [9.17, 15) is 0 Å². The maximum atomic E-state index is 5.14. The quantitative estimate of drug-likeness (QED) is 0.676. The van der Waals surface area contributed by atoms with Crippen molar-refractivity contribution < 1.29 is 4.74 Å². The molecule has 92 valence electrons. The Kier molecular flexibility index (Phi) is 7.38. The van der Waals surface area contributed by atoms with Gasteiger partial charge in [0.2, 0.25) is 0 Å². The van der Waals surface area contributed by atoms with Gasteiger partial charge in [-0.2, -0.15) is 0 Å². The Morgan fingerprint density at radius 1 is 1.50 bits per heavy atom. The molecule has 0 saturated carbocycles. The van der Waals surface area contributed by atoms with Crippen molar-refractivity contribution in [2.75, 3.05) is 20.3 Å². The van der Waals surface area contributed by atoms with Gasteiger partial charge in [-0.25, -0.2) is 4.98 Å². The summed E-state index contributed by atoms with van der Waals surface area (Å²) in [5.41, 5.74) is 0. The van der Waals surface area contributed by atoms with E-state index in [-0.39, 0.29) is 0 Å². The van der Waals surface area contributed by atoms with Crippen LogP contribution in [0.5, 0.6) is 0 Å². The number of thiazole rings is 1. The highest BCUT2D eigenvalue weighted by molar-refractivity contribution is 7.09. The topological polar surface area (TPSA) is 34.1 Å². The second kappa shape index (κ2) is 8.67. The Morgan fingerprint density at radius 3 is 3.00 bits per heavy atom. The Labute approximate surface area is 102 Å². The molecule has 3 nitrogen and oxygen atoms in total. The minimum atomic E-state index is 0.505. The first-order valence-corrected chi connectivity index (χ1v) is 6.85. The highest BCUT2D eigenvalue weighted by Gasteiger charge is 2.03. The number of nitrogens with one attached hydrogen (secondary N) is 1. The second-order valence-electron chi connectivity index (χ2n) is 3.90. The lowest BCUT2D eigenvalue weighted by molar-refractivity contribution is 0.164. The molecule has 1 heterocycles. The molecule has 1 aromatic rings. The van der Waals surface area contributed by atoms with Gasteiger partial charge in [-0.3, -0.25) is 0 Å². The molecular weight excluding hydrogens is 220 g/mol. The van der Waals surface area contributed by atoms with Crippen molar-refractivity contribution in [1.29, 1.82) is 0 Å². The molecule has 0 aliphatic carbocycles. The number of methoxy groups -OCH3 is 1. The third-order valence-corrected chi connectivity index (χ3v) is 3.43. The molecule has 0 saturated heterocycles. The molecule has 0 amide bonds. The number of hydrogen-bond acceptors (Lipinski definition) is 4. The van der Waals surface area contributed by atoms with Crippen LogP contribution in [0.15, 0.2) is 11.6 Å². The van der Waals surface area contributed by atoms with E-state index < -0.39 is 0 Å². The molecule has 0 aliphatic rings. The van der Waals surface area contributed by atoms with Crippen molar-refractivity contribution in [2.45, 2.75) is 38.6 Å². The van der Waals surface area contributed by atoms with Crippen LogP contribution in [0.1, 0.15) is 31.2 Å². The van der Waals surface area contributed by atoms with E-state index in [1.807, 2.05) is 11.6 Å². The number of rotatable bonds is 9. The number of hydrogen-bond donors (Lipinski definition) is 1. The largest absolute Gasteiger partial charge is 0.383 e. The van der Waals surface area contributed by atoms with Gasteiger partial charge in [-0.15, -0.1) is 11.3 Å². The lowest BCUT2D eigenvalue weighted by Crippen LogP contribution is -2.33. The zero-order chi connectivity index (χ0) is 11.6. The molecule has 1 rings (SSSR count). The minimum absolute atomic E-state index is 0.505. The zero-order valence-electron chi connectivity index (χ0n) is 10.2. The molecular formula is C12H22N2OS. The van der Waals surface area contributed by atoms with Crippen molar-refractivity contribution in [3.8, 4) is 0 Å². The lowest BCUT2D eigenvalue weighted by Gasteiger charge is -2.15. The lowest BCUT2D eigenvalue weighted by atomic mass is 10.2. The van der Waals surface area contributed by atoms with E-state index in [0.717, 1.165) is 26.0 Å². The number of ether oxygens (including phenoxy) is 1. The minimum Gasteiger partial charge on any atom is -0.383 e. The highest BCUT2D eigenvalue weighted by Crippen LogP contribution is 2.07. The molecule has 0 spiro atoms. The summed E-state index contributed by atoms with van der Waals surface area (Å²) in [6.45, 7) is 4.07. The fraction of sp³-hybridized carbons (Fsp3) is 0.750. The first kappa shape index (κ1) is 13.6. The summed E-state index contributed by atoms with van der Waals surface area (Å²) in [6.07, 6.45) is 6.54. The van der Waals surface area contributed by atoms with Gasteiger partial charge in [0, 0.05) is 24.7 Å². The molecule has 0 aliphatic heterocycles. The molecule has 16 heavy (non-hydrogen) atoms. The summed E-state index contributed by atoms with van der Waals surface area (Å²) >= 11 is 1.75. The summed E-state index contributed by atoms with van der Waals surface area (Å²) in [6, 6.07) is 0.505. The Balaban J connectivity index is 1.98. The van der Waals surface area contributed by atoms with E-state index in [1.54, 1.807) is 18.4 Å². The fourth-order valence-electron chi connectivity index (χ4n) is 1.61. The Hall–Kier alpha value is -0.450. The first-order valence-electron chi connectivity index (χ1n) is 5.97. The number of aromatic nitrogens is 1. The van der Waals surface area contributed by atoms with Crippen LogP contribution in [0.2, 0.25) is 0 Å². The molecule has 0 radical (unpaired) electrons. The van der Waals surface area contributed by atoms with Gasteiger partial charge in [-0.1, -0.05) is 6.92 Å². The third-order valence-electron chi connectivity index (χ3n) is 2.59. The standard InChI is InChI=1S/C12H22N2OS/c1-3-11(10-15-2)13-7-5-4-6-12-14-8-9-16-12/h8-9,11,13H,3-7,10H2,1-2H3. The van der Waals surface area contributed by atoms with Crippen LogP contribution >= 0.6 is 11.3 Å². The molecule has 1 atom stereocenters. The van der Waals surface area contributed by atoms with Crippen molar-refractivity contribution in [1.82, 2.24) is 10.3 Å². The molecule has 0 aromatic carbocycles. The van der Waals surface area contributed by atoms with Gasteiger partial charge in [0.25, 0.3) is 0 Å². The van der Waals surface area contributed by atoms with Gasteiger partial charge in [0.1, 0.15) is 0 Å². The number of aryl methyl sites for hydroxylation is 1. The number of unbranched alkanes of at least 4 members (excludes halogenated alkanes) is 1. The molecule has 1 unspecified atom stereocenters. The normalized spacial score (nSPS) is 12.9. The van der Waals surface area contributed by atoms with Crippen LogP contribution in [0, 0.1) is 0 Å². The van der Waals surface area contributed by atoms with E-state index in [2.05, 4.69) is 17.2 Å². The van der Waals surface area contributed by atoms with Crippen LogP contribution < -0.4 is 5.32 Å². The van der Waals surface area contributed by atoms with Gasteiger partial charge in [-0.05, 0) is 32.2 Å². The van der Waals surface area contributed by atoms with E-state index in [0.29, 0.717) is 6.04 Å². The average Bonchev–Trinajstić information content (AvgIpc) is 2.80. The van der Waals surface area contributed by atoms with Crippen molar-refractivity contribution in [3.05, 3.63) is 16.6 Å². The molecule has 0 bridgehead atoms. The second-order valence-corrected chi connectivity index (χ2v) is 4.88. The van der Waals surface area contributed by atoms with Crippen LogP contribution in [-0.2, 0) is 11.2 Å².